The monoisotopic (exact) mass is 261 g/mol. The lowest BCUT2D eigenvalue weighted by molar-refractivity contribution is 0.681. The van der Waals surface area contributed by atoms with Crippen LogP contribution in [-0.2, 0) is 6.42 Å². The molecule has 0 aliphatic carbocycles. The van der Waals surface area contributed by atoms with Crippen molar-refractivity contribution in [1.29, 1.82) is 0 Å². The molecule has 1 atom stereocenters. The summed E-state index contributed by atoms with van der Waals surface area (Å²) in [5, 5.41) is 1.25. The summed E-state index contributed by atoms with van der Waals surface area (Å²) in [5.74, 6) is 0. The molecule has 0 aliphatic heterocycles. The Hall–Kier alpha value is -0.740. The molecular formula is C11H17Cl2N3. The number of nitrogens with two attached hydrogens (primary N) is 2. The number of hydrogen-bond donors (Lipinski definition) is 3. The molecule has 90 valence electrons. The molecule has 5 N–H and O–H groups in total. The minimum atomic E-state index is 0. The van der Waals surface area contributed by atoms with Gasteiger partial charge < -0.3 is 16.5 Å². The minimum absolute atomic E-state index is 0. The van der Waals surface area contributed by atoms with Gasteiger partial charge in [0, 0.05) is 29.7 Å². The Bertz CT molecular complexity index is 428. The molecule has 0 spiro atoms. The van der Waals surface area contributed by atoms with Crippen molar-refractivity contribution >= 4 is 35.7 Å². The van der Waals surface area contributed by atoms with Gasteiger partial charge in [0.15, 0.2) is 0 Å². The summed E-state index contributed by atoms with van der Waals surface area (Å²) in [6, 6.07) is 8.27. The van der Waals surface area contributed by atoms with Gasteiger partial charge >= 0.3 is 0 Å². The van der Waals surface area contributed by atoms with E-state index in [1.54, 1.807) is 0 Å². The van der Waals surface area contributed by atoms with Crippen LogP contribution in [0.1, 0.15) is 5.56 Å². The summed E-state index contributed by atoms with van der Waals surface area (Å²) >= 11 is 0. The molecule has 0 saturated heterocycles. The Morgan fingerprint density at radius 1 is 1.19 bits per heavy atom. The van der Waals surface area contributed by atoms with Gasteiger partial charge in [0.1, 0.15) is 0 Å². The Labute approximate surface area is 107 Å². The van der Waals surface area contributed by atoms with Crippen molar-refractivity contribution in [3.05, 3.63) is 36.0 Å². The number of rotatable bonds is 3. The normalized spacial score (nSPS) is 11.6. The van der Waals surface area contributed by atoms with Crippen LogP contribution in [-0.4, -0.2) is 17.6 Å². The van der Waals surface area contributed by atoms with Gasteiger partial charge in [-0.2, -0.15) is 0 Å². The van der Waals surface area contributed by atoms with Gasteiger partial charge in [-0.25, -0.2) is 0 Å². The third kappa shape index (κ3) is 3.12. The van der Waals surface area contributed by atoms with Crippen molar-refractivity contribution in [2.75, 3.05) is 6.54 Å². The maximum Gasteiger partial charge on any atom is 0.0456 e. The van der Waals surface area contributed by atoms with E-state index in [0.29, 0.717) is 6.54 Å². The highest BCUT2D eigenvalue weighted by atomic mass is 35.5. The maximum atomic E-state index is 5.82. The fraction of sp³-hybridized carbons (Fsp3) is 0.273. The summed E-state index contributed by atoms with van der Waals surface area (Å²) in [6.07, 6.45) is 2.85. The molecule has 1 aromatic heterocycles. The van der Waals surface area contributed by atoms with Crippen molar-refractivity contribution in [3.63, 3.8) is 0 Å². The van der Waals surface area contributed by atoms with Gasteiger partial charge in [0.2, 0.25) is 0 Å². The number of hydrogen-bond acceptors (Lipinski definition) is 2. The van der Waals surface area contributed by atoms with Crippen LogP contribution in [0.25, 0.3) is 10.9 Å². The van der Waals surface area contributed by atoms with Gasteiger partial charge in [-0.15, -0.1) is 24.8 Å². The van der Waals surface area contributed by atoms with Crippen LogP contribution in [0.4, 0.5) is 0 Å². The first-order valence-electron chi connectivity index (χ1n) is 4.82. The Morgan fingerprint density at radius 3 is 2.56 bits per heavy atom. The van der Waals surface area contributed by atoms with E-state index in [9.17, 15) is 0 Å². The van der Waals surface area contributed by atoms with Crippen molar-refractivity contribution < 1.29 is 0 Å². The first kappa shape index (κ1) is 15.3. The average molecular weight is 262 g/mol. The molecule has 0 bridgehead atoms. The molecule has 2 aromatic rings. The molecule has 5 heteroatoms. The zero-order valence-electron chi connectivity index (χ0n) is 8.85. The quantitative estimate of drug-likeness (QED) is 0.790. The van der Waals surface area contributed by atoms with Crippen LogP contribution in [0.5, 0.6) is 0 Å². The van der Waals surface area contributed by atoms with Crippen LogP contribution in [0, 0.1) is 0 Å². The predicted molar refractivity (Wildman–Crippen MR) is 73.5 cm³/mol. The third-order valence-electron chi connectivity index (χ3n) is 2.46. The van der Waals surface area contributed by atoms with E-state index in [-0.39, 0.29) is 30.9 Å². The first-order valence-corrected chi connectivity index (χ1v) is 4.82. The second kappa shape index (κ2) is 6.76. The average Bonchev–Trinajstić information content (AvgIpc) is 2.62. The van der Waals surface area contributed by atoms with Gasteiger partial charge in [0.05, 0.1) is 0 Å². The summed E-state index contributed by atoms with van der Waals surface area (Å²) in [6.45, 7) is 0.527. The molecule has 1 aromatic carbocycles. The van der Waals surface area contributed by atoms with Crippen molar-refractivity contribution in [1.82, 2.24) is 4.98 Å². The van der Waals surface area contributed by atoms with E-state index in [4.69, 9.17) is 11.5 Å². The molecule has 0 saturated carbocycles. The number of para-hydroxylation sites is 1. The Kier molecular flexibility index (Phi) is 6.45. The summed E-state index contributed by atoms with van der Waals surface area (Å²) in [7, 11) is 0. The van der Waals surface area contributed by atoms with Crippen LogP contribution in [0.3, 0.4) is 0 Å². The smallest absolute Gasteiger partial charge is 0.0456 e. The fourth-order valence-corrected chi connectivity index (χ4v) is 1.67. The molecular weight excluding hydrogens is 245 g/mol. The number of fused-ring (bicyclic) bond motifs is 1. The van der Waals surface area contributed by atoms with Gasteiger partial charge in [-0.3, -0.25) is 0 Å². The van der Waals surface area contributed by atoms with E-state index >= 15 is 0 Å². The standard InChI is InChI=1S/C11H15N3.2ClH/c12-6-9(13)5-8-7-14-11-4-2-1-3-10(8)11;;/h1-4,7,9,14H,5-6,12-13H2;2*1H/t9-;;/m0../s1. The molecule has 3 nitrogen and oxygen atoms in total. The largest absolute Gasteiger partial charge is 0.361 e. The maximum absolute atomic E-state index is 5.82. The first-order chi connectivity index (χ1) is 6.81. The van der Waals surface area contributed by atoms with E-state index < -0.39 is 0 Å². The number of H-pyrrole nitrogens is 1. The molecule has 0 radical (unpaired) electrons. The second-order valence-electron chi connectivity index (χ2n) is 3.56. The molecule has 0 amide bonds. The van der Waals surface area contributed by atoms with E-state index in [0.717, 1.165) is 11.9 Å². The lowest BCUT2D eigenvalue weighted by atomic mass is 10.1. The van der Waals surface area contributed by atoms with Crippen LogP contribution >= 0.6 is 24.8 Å². The van der Waals surface area contributed by atoms with E-state index in [1.807, 2.05) is 18.3 Å². The zero-order chi connectivity index (χ0) is 9.97. The highest BCUT2D eigenvalue weighted by Crippen LogP contribution is 2.18. The van der Waals surface area contributed by atoms with E-state index in [1.165, 1.54) is 10.9 Å². The summed E-state index contributed by atoms with van der Waals surface area (Å²) < 4.78 is 0. The number of aromatic nitrogens is 1. The number of aromatic amines is 1. The molecule has 0 unspecified atom stereocenters. The highest BCUT2D eigenvalue weighted by molar-refractivity contribution is 5.85. The van der Waals surface area contributed by atoms with Crippen LogP contribution in [0.15, 0.2) is 30.5 Å². The van der Waals surface area contributed by atoms with Gasteiger partial charge in [0.25, 0.3) is 0 Å². The Morgan fingerprint density at radius 2 is 1.88 bits per heavy atom. The number of benzene rings is 1. The topological polar surface area (TPSA) is 67.8 Å². The highest BCUT2D eigenvalue weighted by Gasteiger charge is 2.06. The lowest BCUT2D eigenvalue weighted by Crippen LogP contribution is -2.31. The summed E-state index contributed by atoms with van der Waals surface area (Å²) in [4.78, 5) is 3.22. The molecule has 1 heterocycles. The second-order valence-corrected chi connectivity index (χ2v) is 3.56. The number of nitrogens with one attached hydrogen (secondary N) is 1. The number of halogens is 2. The molecule has 16 heavy (non-hydrogen) atoms. The fourth-order valence-electron chi connectivity index (χ4n) is 1.67. The molecule has 0 fully saturated rings. The van der Waals surface area contributed by atoms with Crippen LogP contribution in [0.2, 0.25) is 0 Å². The van der Waals surface area contributed by atoms with Gasteiger partial charge in [-0.1, -0.05) is 18.2 Å². The van der Waals surface area contributed by atoms with Crippen LogP contribution < -0.4 is 11.5 Å². The summed E-state index contributed by atoms with van der Waals surface area (Å²) in [5.41, 5.74) is 13.7. The predicted octanol–water partition coefficient (Wildman–Crippen LogP) is 1.84. The van der Waals surface area contributed by atoms with Gasteiger partial charge in [-0.05, 0) is 18.1 Å². The Balaban J connectivity index is 0.00000112. The lowest BCUT2D eigenvalue weighted by Gasteiger charge is -2.06. The molecule has 2 rings (SSSR count). The zero-order valence-corrected chi connectivity index (χ0v) is 10.5. The van der Waals surface area contributed by atoms with E-state index in [2.05, 4.69) is 17.1 Å². The van der Waals surface area contributed by atoms with Crippen molar-refractivity contribution in [2.45, 2.75) is 12.5 Å². The SMILES string of the molecule is Cl.Cl.NC[C@@H](N)Cc1c[nH]c2ccccc12. The third-order valence-corrected chi connectivity index (χ3v) is 2.46. The van der Waals surface area contributed by atoms with Crippen molar-refractivity contribution in [3.8, 4) is 0 Å². The van der Waals surface area contributed by atoms with Crippen molar-refractivity contribution in [2.24, 2.45) is 11.5 Å². The minimum Gasteiger partial charge on any atom is -0.361 e. The molecule has 0 aliphatic rings.